The topological polar surface area (TPSA) is 116 Å². The number of non-ortho nitro benzene ring substituents is 1. The van der Waals surface area contributed by atoms with Crippen molar-refractivity contribution in [3.8, 4) is 5.88 Å². The zero-order chi connectivity index (χ0) is 19.6. The van der Waals surface area contributed by atoms with E-state index >= 15 is 0 Å². The summed E-state index contributed by atoms with van der Waals surface area (Å²) in [6, 6.07) is 5.49. The fraction of sp³-hybridized carbons (Fsp3) is 0.412. The van der Waals surface area contributed by atoms with E-state index in [1.165, 1.54) is 16.4 Å². The largest absolute Gasteiger partial charge is 0.473 e. The van der Waals surface area contributed by atoms with E-state index in [4.69, 9.17) is 4.74 Å². The zero-order valence-corrected chi connectivity index (χ0v) is 15.8. The molecule has 0 spiro atoms. The highest BCUT2D eigenvalue weighted by atomic mass is 32.2. The predicted octanol–water partition coefficient (Wildman–Crippen LogP) is 2.23. The lowest BCUT2D eigenvalue weighted by Gasteiger charge is -2.32. The van der Waals surface area contributed by atoms with Crippen molar-refractivity contribution < 1.29 is 18.1 Å². The summed E-state index contributed by atoms with van der Waals surface area (Å²) in [4.78, 5) is 18.6. The second kappa shape index (κ2) is 7.57. The molecule has 144 valence electrons. The molecule has 0 amide bonds. The van der Waals surface area contributed by atoms with Crippen molar-refractivity contribution in [3.05, 3.63) is 52.0 Å². The van der Waals surface area contributed by atoms with E-state index in [1.54, 1.807) is 26.1 Å². The molecule has 0 bridgehead atoms. The van der Waals surface area contributed by atoms with Gasteiger partial charge in [0.15, 0.2) is 0 Å². The van der Waals surface area contributed by atoms with Crippen molar-refractivity contribution in [2.24, 2.45) is 0 Å². The maximum Gasteiger partial charge on any atom is 0.270 e. The Morgan fingerprint density at radius 3 is 2.78 bits per heavy atom. The maximum absolute atomic E-state index is 13.1. The van der Waals surface area contributed by atoms with E-state index in [0.29, 0.717) is 36.7 Å². The summed E-state index contributed by atoms with van der Waals surface area (Å²) in [5.41, 5.74) is 0.218. The van der Waals surface area contributed by atoms with Gasteiger partial charge in [0.2, 0.25) is 15.9 Å². The van der Waals surface area contributed by atoms with Gasteiger partial charge in [-0.15, -0.1) is 0 Å². The molecule has 1 fully saturated rings. The van der Waals surface area contributed by atoms with Gasteiger partial charge < -0.3 is 4.74 Å². The Labute approximate surface area is 157 Å². The third-order valence-electron chi connectivity index (χ3n) is 4.38. The molecule has 1 aliphatic heterocycles. The van der Waals surface area contributed by atoms with Gasteiger partial charge in [-0.05, 0) is 32.3 Å². The van der Waals surface area contributed by atoms with Crippen molar-refractivity contribution in [3.63, 3.8) is 0 Å². The molecule has 3 rings (SSSR count). The standard InChI is InChI=1S/C17H20N4O5S/c1-12-5-6-14(21(22)23)10-16(12)27(24,25)20-9-3-4-15(11-20)26-17-7-8-18-13(2)19-17/h5-8,10,15H,3-4,9,11H2,1-2H3. The van der Waals surface area contributed by atoms with Gasteiger partial charge in [0.1, 0.15) is 11.9 Å². The summed E-state index contributed by atoms with van der Waals surface area (Å²) in [6.45, 7) is 3.87. The number of aromatic nitrogens is 2. The first-order valence-corrected chi connectivity index (χ1v) is 9.93. The first-order chi connectivity index (χ1) is 12.8. The first kappa shape index (κ1) is 19.2. The highest BCUT2D eigenvalue weighted by Crippen LogP contribution is 2.27. The minimum absolute atomic E-state index is 0.0461. The molecule has 27 heavy (non-hydrogen) atoms. The summed E-state index contributed by atoms with van der Waals surface area (Å²) in [5, 5.41) is 11.0. The van der Waals surface area contributed by atoms with Gasteiger partial charge in [-0.2, -0.15) is 9.29 Å². The molecule has 1 aliphatic rings. The van der Waals surface area contributed by atoms with Crippen LogP contribution in [0.5, 0.6) is 5.88 Å². The maximum atomic E-state index is 13.1. The Morgan fingerprint density at radius 1 is 1.30 bits per heavy atom. The van der Waals surface area contributed by atoms with Gasteiger partial charge >= 0.3 is 0 Å². The van der Waals surface area contributed by atoms with Crippen molar-refractivity contribution in [1.29, 1.82) is 0 Å². The van der Waals surface area contributed by atoms with Crippen LogP contribution in [0.3, 0.4) is 0 Å². The van der Waals surface area contributed by atoms with Crippen molar-refractivity contribution in [2.75, 3.05) is 13.1 Å². The van der Waals surface area contributed by atoms with Crippen LogP contribution in [0.25, 0.3) is 0 Å². The number of nitro benzene ring substituents is 1. The molecule has 9 nitrogen and oxygen atoms in total. The molecular weight excluding hydrogens is 372 g/mol. The molecule has 1 saturated heterocycles. The van der Waals surface area contributed by atoms with Crippen LogP contribution >= 0.6 is 0 Å². The predicted molar refractivity (Wildman–Crippen MR) is 97.0 cm³/mol. The molecule has 0 aliphatic carbocycles. The van der Waals surface area contributed by atoms with Crippen LogP contribution in [0.1, 0.15) is 24.2 Å². The smallest absolute Gasteiger partial charge is 0.270 e. The summed E-state index contributed by atoms with van der Waals surface area (Å²) in [7, 11) is -3.87. The van der Waals surface area contributed by atoms with Crippen LogP contribution < -0.4 is 4.74 Å². The first-order valence-electron chi connectivity index (χ1n) is 8.49. The number of nitro groups is 1. The minimum Gasteiger partial charge on any atom is -0.473 e. The molecular formula is C17H20N4O5S. The van der Waals surface area contributed by atoms with Crippen molar-refractivity contribution in [2.45, 2.75) is 37.7 Å². The number of benzene rings is 1. The SMILES string of the molecule is Cc1nccc(OC2CCCN(S(=O)(=O)c3cc([N+](=O)[O-])ccc3C)C2)n1. The molecule has 1 aromatic carbocycles. The van der Waals surface area contributed by atoms with Crippen LogP contribution in [0.2, 0.25) is 0 Å². The van der Waals surface area contributed by atoms with Crippen LogP contribution in [0.15, 0.2) is 35.4 Å². The van der Waals surface area contributed by atoms with Gasteiger partial charge in [0, 0.05) is 30.9 Å². The number of nitrogens with zero attached hydrogens (tertiary/aromatic N) is 4. The third kappa shape index (κ3) is 4.22. The Hall–Kier alpha value is -2.59. The number of rotatable bonds is 5. The lowest BCUT2D eigenvalue weighted by atomic mass is 10.1. The Balaban J connectivity index is 1.82. The second-order valence-electron chi connectivity index (χ2n) is 6.39. The average molecular weight is 392 g/mol. The minimum atomic E-state index is -3.87. The van der Waals surface area contributed by atoms with Gasteiger partial charge in [0.05, 0.1) is 16.4 Å². The normalized spacial score (nSPS) is 18.2. The number of ether oxygens (including phenoxy) is 1. The third-order valence-corrected chi connectivity index (χ3v) is 6.39. The average Bonchev–Trinajstić information content (AvgIpc) is 2.62. The van der Waals surface area contributed by atoms with Crippen LogP contribution in [-0.4, -0.2) is 46.8 Å². The van der Waals surface area contributed by atoms with E-state index < -0.39 is 14.9 Å². The number of piperidine rings is 1. The fourth-order valence-electron chi connectivity index (χ4n) is 3.01. The quantitative estimate of drug-likeness (QED) is 0.566. The van der Waals surface area contributed by atoms with Gasteiger partial charge in [-0.25, -0.2) is 13.4 Å². The van der Waals surface area contributed by atoms with Gasteiger partial charge in [-0.3, -0.25) is 10.1 Å². The molecule has 1 aromatic heterocycles. The Kier molecular flexibility index (Phi) is 5.38. The summed E-state index contributed by atoms with van der Waals surface area (Å²) >= 11 is 0. The lowest BCUT2D eigenvalue weighted by molar-refractivity contribution is -0.385. The number of sulfonamides is 1. The van der Waals surface area contributed by atoms with E-state index in [-0.39, 0.29) is 23.2 Å². The molecule has 0 N–H and O–H groups in total. The molecule has 0 radical (unpaired) electrons. The summed E-state index contributed by atoms with van der Waals surface area (Å²) < 4.78 is 33.3. The molecule has 10 heteroatoms. The van der Waals surface area contributed by atoms with Gasteiger partial charge in [-0.1, -0.05) is 6.07 Å². The molecule has 2 aromatic rings. The van der Waals surface area contributed by atoms with Crippen LogP contribution in [0, 0.1) is 24.0 Å². The zero-order valence-electron chi connectivity index (χ0n) is 15.0. The van der Waals surface area contributed by atoms with E-state index in [0.717, 1.165) is 6.07 Å². The van der Waals surface area contributed by atoms with Crippen LogP contribution in [0.4, 0.5) is 5.69 Å². The summed E-state index contributed by atoms with van der Waals surface area (Å²) in [5.74, 6) is 0.971. The lowest BCUT2D eigenvalue weighted by Crippen LogP contribution is -2.44. The highest BCUT2D eigenvalue weighted by Gasteiger charge is 2.33. The number of aryl methyl sites for hydroxylation is 2. The Morgan fingerprint density at radius 2 is 2.07 bits per heavy atom. The summed E-state index contributed by atoms with van der Waals surface area (Å²) in [6.07, 6.45) is 2.56. The fourth-order valence-corrected chi connectivity index (χ4v) is 4.76. The molecule has 1 atom stereocenters. The Bertz CT molecular complexity index is 964. The van der Waals surface area contributed by atoms with Gasteiger partial charge in [0.25, 0.3) is 5.69 Å². The molecule has 1 unspecified atom stereocenters. The number of hydrogen-bond donors (Lipinski definition) is 0. The molecule has 0 saturated carbocycles. The van der Waals surface area contributed by atoms with E-state index in [1.807, 2.05) is 0 Å². The van der Waals surface area contributed by atoms with Crippen molar-refractivity contribution >= 4 is 15.7 Å². The van der Waals surface area contributed by atoms with Crippen LogP contribution in [-0.2, 0) is 10.0 Å². The van der Waals surface area contributed by atoms with E-state index in [9.17, 15) is 18.5 Å². The van der Waals surface area contributed by atoms with Crippen molar-refractivity contribution in [1.82, 2.24) is 14.3 Å². The van der Waals surface area contributed by atoms with E-state index in [2.05, 4.69) is 9.97 Å². The molecule has 2 heterocycles. The monoisotopic (exact) mass is 392 g/mol. The highest BCUT2D eigenvalue weighted by molar-refractivity contribution is 7.89. The number of hydrogen-bond acceptors (Lipinski definition) is 7. The second-order valence-corrected chi connectivity index (χ2v) is 8.30.